The Morgan fingerprint density at radius 1 is 1.00 bits per heavy atom. The maximum absolute atomic E-state index is 12.7. The third-order valence-electron chi connectivity index (χ3n) is 4.93. The Morgan fingerprint density at radius 2 is 1.67 bits per heavy atom. The van der Waals surface area contributed by atoms with Crippen molar-refractivity contribution in [3.8, 4) is 0 Å². The number of aryl methyl sites for hydroxylation is 1. The van der Waals surface area contributed by atoms with E-state index in [4.69, 9.17) is 0 Å². The lowest BCUT2D eigenvalue weighted by Crippen LogP contribution is -2.46. The highest BCUT2D eigenvalue weighted by Crippen LogP contribution is 2.18. The fourth-order valence-electron chi connectivity index (χ4n) is 2.88. The van der Waals surface area contributed by atoms with Crippen LogP contribution < -0.4 is 5.32 Å². The number of benzene rings is 2. The number of carbonyl (C=O) groups is 2. The topological polar surface area (TPSA) is 52.7 Å². The molecule has 144 valence electrons. The first kappa shape index (κ1) is 20.6. The van der Waals surface area contributed by atoms with Crippen molar-refractivity contribution in [2.75, 3.05) is 26.0 Å². The fraction of sp³-hybridized carbons (Fsp3) is 0.364. The molecule has 2 rings (SSSR count). The van der Waals surface area contributed by atoms with Crippen LogP contribution in [-0.4, -0.2) is 48.3 Å². The second-order valence-corrected chi connectivity index (χ2v) is 7.07. The average molecular weight is 367 g/mol. The van der Waals surface area contributed by atoms with Crippen molar-refractivity contribution >= 4 is 17.5 Å². The Balaban J connectivity index is 1.91. The van der Waals surface area contributed by atoms with Gasteiger partial charge in [-0.05, 0) is 50.6 Å². The standard InChI is InChI=1S/C22H29N3O2/c1-16-10-9-13-20(17(16)2)23-21(26)15-24(4)18(3)22(27)25(5)14-19-11-7-6-8-12-19/h6-13,18H,14-15H2,1-5H3,(H,23,26)/t18-/m0/s1. The first-order valence-corrected chi connectivity index (χ1v) is 9.14. The van der Waals surface area contributed by atoms with Crippen molar-refractivity contribution in [2.24, 2.45) is 0 Å². The van der Waals surface area contributed by atoms with Crippen LogP contribution in [0.5, 0.6) is 0 Å². The molecule has 1 N–H and O–H groups in total. The molecule has 0 saturated carbocycles. The molecule has 0 unspecified atom stereocenters. The van der Waals surface area contributed by atoms with Gasteiger partial charge in [0.1, 0.15) is 0 Å². The molecule has 0 spiro atoms. The predicted octanol–water partition coefficient (Wildman–Crippen LogP) is 3.22. The lowest BCUT2D eigenvalue weighted by Gasteiger charge is -2.28. The number of rotatable bonds is 7. The van der Waals surface area contributed by atoms with Gasteiger partial charge in [-0.2, -0.15) is 0 Å². The summed E-state index contributed by atoms with van der Waals surface area (Å²) in [6, 6.07) is 15.3. The molecule has 0 saturated heterocycles. The third-order valence-corrected chi connectivity index (χ3v) is 4.93. The van der Waals surface area contributed by atoms with Crippen LogP contribution in [0.4, 0.5) is 5.69 Å². The van der Waals surface area contributed by atoms with E-state index >= 15 is 0 Å². The lowest BCUT2D eigenvalue weighted by atomic mass is 10.1. The number of carbonyl (C=O) groups excluding carboxylic acids is 2. The van der Waals surface area contributed by atoms with Crippen LogP contribution in [0.25, 0.3) is 0 Å². The summed E-state index contributed by atoms with van der Waals surface area (Å²) in [6.07, 6.45) is 0. The van der Waals surface area contributed by atoms with Crippen LogP contribution in [0.1, 0.15) is 23.6 Å². The first-order chi connectivity index (χ1) is 12.8. The Kier molecular flexibility index (Phi) is 7.13. The molecule has 27 heavy (non-hydrogen) atoms. The highest BCUT2D eigenvalue weighted by atomic mass is 16.2. The van der Waals surface area contributed by atoms with Gasteiger partial charge in [-0.25, -0.2) is 0 Å². The highest BCUT2D eigenvalue weighted by Gasteiger charge is 2.23. The second kappa shape index (κ2) is 9.33. The van der Waals surface area contributed by atoms with Crippen molar-refractivity contribution in [2.45, 2.75) is 33.4 Å². The van der Waals surface area contributed by atoms with Gasteiger partial charge in [0, 0.05) is 19.3 Å². The molecule has 0 bridgehead atoms. The number of nitrogens with one attached hydrogen (secondary N) is 1. The zero-order valence-electron chi connectivity index (χ0n) is 16.8. The van der Waals surface area contributed by atoms with Crippen LogP contribution >= 0.6 is 0 Å². The molecule has 2 aromatic rings. The van der Waals surface area contributed by atoms with Crippen molar-refractivity contribution < 1.29 is 9.59 Å². The van der Waals surface area contributed by atoms with Crippen molar-refractivity contribution in [1.82, 2.24) is 9.80 Å². The third kappa shape index (κ3) is 5.66. The largest absolute Gasteiger partial charge is 0.340 e. The summed E-state index contributed by atoms with van der Waals surface area (Å²) in [5, 5.41) is 2.94. The van der Waals surface area contributed by atoms with Gasteiger partial charge in [0.2, 0.25) is 11.8 Å². The summed E-state index contributed by atoms with van der Waals surface area (Å²) in [4.78, 5) is 28.5. The SMILES string of the molecule is Cc1cccc(NC(=O)CN(C)[C@@H](C)C(=O)N(C)Cc2ccccc2)c1C. The average Bonchev–Trinajstić information content (AvgIpc) is 2.65. The zero-order chi connectivity index (χ0) is 20.0. The molecule has 2 aromatic carbocycles. The minimum atomic E-state index is -0.386. The minimum Gasteiger partial charge on any atom is -0.340 e. The Bertz CT molecular complexity index is 789. The van der Waals surface area contributed by atoms with E-state index in [1.165, 1.54) is 0 Å². The summed E-state index contributed by atoms with van der Waals surface area (Å²) in [5.74, 6) is -0.141. The highest BCUT2D eigenvalue weighted by molar-refractivity contribution is 5.93. The summed E-state index contributed by atoms with van der Waals surface area (Å²) in [5.41, 5.74) is 4.08. The van der Waals surface area contributed by atoms with Crippen LogP contribution in [0, 0.1) is 13.8 Å². The van der Waals surface area contributed by atoms with Crippen LogP contribution in [0.2, 0.25) is 0 Å². The minimum absolute atomic E-state index is 0.0131. The van der Waals surface area contributed by atoms with Gasteiger partial charge >= 0.3 is 0 Å². The van der Waals surface area contributed by atoms with E-state index in [9.17, 15) is 9.59 Å². The molecular formula is C22H29N3O2. The van der Waals surface area contributed by atoms with E-state index in [-0.39, 0.29) is 24.4 Å². The number of amides is 2. The van der Waals surface area contributed by atoms with E-state index in [0.717, 1.165) is 22.4 Å². The van der Waals surface area contributed by atoms with Gasteiger partial charge in [-0.15, -0.1) is 0 Å². The van der Waals surface area contributed by atoms with Crippen LogP contribution in [0.15, 0.2) is 48.5 Å². The van der Waals surface area contributed by atoms with E-state index in [1.807, 2.05) is 69.3 Å². The Hall–Kier alpha value is -2.66. The van der Waals surface area contributed by atoms with Gasteiger partial charge < -0.3 is 10.2 Å². The second-order valence-electron chi connectivity index (χ2n) is 7.07. The number of likely N-dealkylation sites (N-methyl/N-ethyl adjacent to an activating group) is 2. The molecule has 5 nitrogen and oxygen atoms in total. The molecular weight excluding hydrogens is 338 g/mol. The summed E-state index contributed by atoms with van der Waals surface area (Å²) >= 11 is 0. The van der Waals surface area contributed by atoms with Crippen molar-refractivity contribution in [1.29, 1.82) is 0 Å². The summed E-state index contributed by atoms with van der Waals surface area (Å²) in [7, 11) is 3.58. The van der Waals surface area contributed by atoms with Crippen molar-refractivity contribution in [3.05, 3.63) is 65.2 Å². The first-order valence-electron chi connectivity index (χ1n) is 9.14. The molecule has 0 aliphatic heterocycles. The maximum Gasteiger partial charge on any atom is 0.239 e. The fourth-order valence-corrected chi connectivity index (χ4v) is 2.88. The van der Waals surface area contributed by atoms with E-state index in [1.54, 1.807) is 23.9 Å². The van der Waals surface area contributed by atoms with Gasteiger partial charge in [0.05, 0.1) is 12.6 Å². The monoisotopic (exact) mass is 367 g/mol. The smallest absolute Gasteiger partial charge is 0.239 e. The Morgan fingerprint density at radius 3 is 2.33 bits per heavy atom. The molecule has 0 radical (unpaired) electrons. The molecule has 0 aliphatic rings. The van der Waals surface area contributed by atoms with E-state index in [0.29, 0.717) is 6.54 Å². The lowest BCUT2D eigenvalue weighted by molar-refractivity contribution is -0.135. The van der Waals surface area contributed by atoms with Gasteiger partial charge in [0.15, 0.2) is 0 Å². The molecule has 0 aromatic heterocycles. The van der Waals surface area contributed by atoms with Crippen LogP contribution in [-0.2, 0) is 16.1 Å². The number of hydrogen-bond acceptors (Lipinski definition) is 3. The molecule has 2 amide bonds. The van der Waals surface area contributed by atoms with Crippen molar-refractivity contribution in [3.63, 3.8) is 0 Å². The van der Waals surface area contributed by atoms with E-state index < -0.39 is 0 Å². The normalized spacial score (nSPS) is 11.9. The number of anilines is 1. The predicted molar refractivity (Wildman–Crippen MR) is 110 cm³/mol. The zero-order valence-corrected chi connectivity index (χ0v) is 16.8. The number of hydrogen-bond donors (Lipinski definition) is 1. The molecule has 5 heteroatoms. The maximum atomic E-state index is 12.7. The summed E-state index contributed by atoms with van der Waals surface area (Å²) in [6.45, 7) is 6.53. The molecule has 0 aliphatic carbocycles. The van der Waals surface area contributed by atoms with E-state index in [2.05, 4.69) is 5.32 Å². The Labute approximate surface area is 162 Å². The number of nitrogens with zero attached hydrogens (tertiary/aromatic N) is 2. The summed E-state index contributed by atoms with van der Waals surface area (Å²) < 4.78 is 0. The molecule has 1 atom stereocenters. The van der Waals surface area contributed by atoms with Gasteiger partial charge in [-0.1, -0.05) is 42.5 Å². The quantitative estimate of drug-likeness (QED) is 0.817. The molecule has 0 fully saturated rings. The van der Waals surface area contributed by atoms with Gasteiger partial charge in [0.25, 0.3) is 0 Å². The van der Waals surface area contributed by atoms with Crippen LogP contribution in [0.3, 0.4) is 0 Å². The molecule has 0 heterocycles. The van der Waals surface area contributed by atoms with Gasteiger partial charge in [-0.3, -0.25) is 14.5 Å².